The normalized spacial score (nSPS) is 10.4. The molecule has 2 aromatic carbocycles. The Balaban J connectivity index is 1.69. The minimum Gasteiger partial charge on any atom is -0.495 e. The van der Waals surface area contributed by atoms with Gasteiger partial charge >= 0.3 is 0 Å². The Morgan fingerprint density at radius 2 is 1.81 bits per heavy atom. The van der Waals surface area contributed by atoms with Gasteiger partial charge in [0.15, 0.2) is 10.9 Å². The molecule has 0 spiro atoms. The fraction of sp³-hybridized carbons (Fsp3) is 0.111. The molecule has 0 saturated heterocycles. The smallest absolute Gasteiger partial charge is 0.176 e. The third-order valence-corrected chi connectivity index (χ3v) is 4.44. The highest BCUT2D eigenvalue weighted by molar-refractivity contribution is 7.80. The topological polar surface area (TPSA) is 51.1 Å². The Labute approximate surface area is 166 Å². The maximum absolute atomic E-state index is 6.27. The number of rotatable bonds is 5. The molecule has 0 radical (unpaired) electrons. The average molecular weight is 407 g/mol. The van der Waals surface area contributed by atoms with Crippen LogP contribution in [-0.2, 0) is 6.54 Å². The van der Waals surface area contributed by atoms with Gasteiger partial charge in [0.1, 0.15) is 10.8 Å². The molecule has 0 unspecified atom stereocenters. The van der Waals surface area contributed by atoms with Crippen LogP contribution in [-0.4, -0.2) is 22.0 Å². The molecule has 0 aliphatic rings. The molecule has 2 N–H and O–H groups in total. The quantitative estimate of drug-likeness (QED) is 0.580. The first-order chi connectivity index (χ1) is 12.6. The molecule has 0 amide bonds. The Hall–Kier alpha value is -2.28. The lowest BCUT2D eigenvalue weighted by atomic mass is 10.2. The maximum atomic E-state index is 6.27. The number of hydrogen-bond donors (Lipinski definition) is 2. The number of methoxy groups -OCH3 is 1. The molecule has 0 aliphatic heterocycles. The standard InChI is InChI=1S/C18H16Cl2N4OS/c1-25-16-9-5-4-8-15(16)21-18(26)22-17-14(20)11-24(23-17)10-12-6-2-3-7-13(12)19/h2-9,11H,10H2,1H3,(H2,21,22,23,26). The lowest BCUT2D eigenvalue weighted by Gasteiger charge is -2.12. The van der Waals surface area contributed by atoms with Crippen molar-refractivity contribution in [3.05, 3.63) is 70.3 Å². The second-order valence-corrected chi connectivity index (χ2v) is 6.62. The highest BCUT2D eigenvalue weighted by atomic mass is 35.5. The van der Waals surface area contributed by atoms with Crippen molar-refractivity contribution in [1.82, 2.24) is 9.78 Å². The predicted octanol–water partition coefficient (Wildman–Crippen LogP) is 5.06. The van der Waals surface area contributed by atoms with E-state index in [1.807, 2.05) is 48.5 Å². The van der Waals surface area contributed by atoms with Gasteiger partial charge in [0, 0.05) is 11.2 Å². The Kier molecular flexibility index (Phi) is 5.98. The summed E-state index contributed by atoms with van der Waals surface area (Å²) in [4.78, 5) is 0. The SMILES string of the molecule is COc1ccccc1NC(=S)Nc1nn(Cc2ccccc2Cl)cc1Cl. The van der Waals surface area contributed by atoms with Crippen LogP contribution in [0.15, 0.2) is 54.7 Å². The molecule has 0 aliphatic carbocycles. The third kappa shape index (κ3) is 4.46. The van der Waals surface area contributed by atoms with Crippen LogP contribution in [0.1, 0.15) is 5.56 Å². The number of anilines is 2. The van der Waals surface area contributed by atoms with Crippen LogP contribution in [0.4, 0.5) is 11.5 Å². The summed E-state index contributed by atoms with van der Waals surface area (Å²) in [5.41, 5.74) is 1.70. The summed E-state index contributed by atoms with van der Waals surface area (Å²) < 4.78 is 7.00. The minimum atomic E-state index is 0.361. The summed E-state index contributed by atoms with van der Waals surface area (Å²) in [5, 5.41) is 12.0. The van der Waals surface area contributed by atoms with Gasteiger partial charge in [-0.15, -0.1) is 0 Å². The van der Waals surface area contributed by atoms with E-state index >= 15 is 0 Å². The van der Waals surface area contributed by atoms with E-state index in [2.05, 4.69) is 15.7 Å². The molecule has 8 heteroatoms. The van der Waals surface area contributed by atoms with Crippen molar-refractivity contribution in [2.45, 2.75) is 6.54 Å². The Morgan fingerprint density at radius 3 is 2.58 bits per heavy atom. The predicted molar refractivity (Wildman–Crippen MR) is 111 cm³/mol. The number of halogens is 2. The summed E-state index contributed by atoms with van der Waals surface area (Å²) in [6.07, 6.45) is 1.72. The number of ether oxygens (including phenoxy) is 1. The van der Waals surface area contributed by atoms with Crippen LogP contribution in [0, 0.1) is 0 Å². The van der Waals surface area contributed by atoms with Crippen molar-refractivity contribution in [3.8, 4) is 5.75 Å². The number of nitrogens with one attached hydrogen (secondary N) is 2. The van der Waals surface area contributed by atoms with E-state index in [-0.39, 0.29) is 0 Å². The van der Waals surface area contributed by atoms with Crippen LogP contribution in [0.25, 0.3) is 0 Å². The van der Waals surface area contributed by atoms with Crippen LogP contribution >= 0.6 is 35.4 Å². The minimum absolute atomic E-state index is 0.361. The molecule has 0 bridgehead atoms. The van der Waals surface area contributed by atoms with E-state index in [0.29, 0.717) is 33.3 Å². The molecule has 5 nitrogen and oxygen atoms in total. The molecule has 1 heterocycles. The largest absolute Gasteiger partial charge is 0.495 e. The molecule has 3 aromatic rings. The van der Waals surface area contributed by atoms with E-state index in [1.54, 1.807) is 18.0 Å². The van der Waals surface area contributed by atoms with E-state index < -0.39 is 0 Å². The molecule has 1 aromatic heterocycles. The van der Waals surface area contributed by atoms with Crippen LogP contribution in [0.2, 0.25) is 10.0 Å². The molecule has 0 fully saturated rings. The van der Waals surface area contributed by atoms with Gasteiger partial charge in [-0.3, -0.25) is 4.68 Å². The first-order valence-electron chi connectivity index (χ1n) is 7.74. The van der Waals surface area contributed by atoms with Gasteiger partial charge in [-0.25, -0.2) is 0 Å². The fourth-order valence-electron chi connectivity index (χ4n) is 2.37. The fourth-order valence-corrected chi connectivity index (χ4v) is 2.97. The van der Waals surface area contributed by atoms with Crippen molar-refractivity contribution in [1.29, 1.82) is 0 Å². The zero-order valence-corrected chi connectivity index (χ0v) is 16.2. The lowest BCUT2D eigenvalue weighted by Crippen LogP contribution is -2.20. The molecular weight excluding hydrogens is 391 g/mol. The van der Waals surface area contributed by atoms with Crippen LogP contribution in [0.3, 0.4) is 0 Å². The van der Waals surface area contributed by atoms with E-state index in [9.17, 15) is 0 Å². The number of hydrogen-bond acceptors (Lipinski definition) is 3. The van der Waals surface area contributed by atoms with Gasteiger partial charge in [0.2, 0.25) is 0 Å². The zero-order chi connectivity index (χ0) is 18.5. The highest BCUT2D eigenvalue weighted by Gasteiger charge is 2.11. The number of para-hydroxylation sites is 2. The number of benzene rings is 2. The number of thiocarbonyl (C=S) groups is 1. The Morgan fingerprint density at radius 1 is 1.08 bits per heavy atom. The van der Waals surface area contributed by atoms with Crippen LogP contribution in [0.5, 0.6) is 5.75 Å². The number of aromatic nitrogens is 2. The second kappa shape index (κ2) is 8.40. The van der Waals surface area contributed by atoms with E-state index in [4.69, 9.17) is 40.2 Å². The van der Waals surface area contributed by atoms with Crippen molar-refractivity contribution in [3.63, 3.8) is 0 Å². The molecule has 3 rings (SSSR count). The molecule has 26 heavy (non-hydrogen) atoms. The molecule has 0 atom stereocenters. The number of nitrogens with zero attached hydrogens (tertiary/aromatic N) is 2. The van der Waals surface area contributed by atoms with Gasteiger partial charge in [-0.2, -0.15) is 5.10 Å². The van der Waals surface area contributed by atoms with Crippen molar-refractivity contribution in [2.24, 2.45) is 0 Å². The summed E-state index contributed by atoms with van der Waals surface area (Å²) in [7, 11) is 1.60. The van der Waals surface area contributed by atoms with Gasteiger partial charge in [-0.05, 0) is 36.0 Å². The van der Waals surface area contributed by atoms with Crippen molar-refractivity contribution < 1.29 is 4.74 Å². The summed E-state index contributed by atoms with van der Waals surface area (Å²) in [6.45, 7) is 0.508. The molecule has 0 saturated carbocycles. The summed E-state index contributed by atoms with van der Waals surface area (Å²) >= 11 is 17.8. The van der Waals surface area contributed by atoms with Crippen molar-refractivity contribution in [2.75, 3.05) is 17.7 Å². The van der Waals surface area contributed by atoms with Gasteiger partial charge in [0.25, 0.3) is 0 Å². The van der Waals surface area contributed by atoms with Crippen molar-refractivity contribution >= 4 is 52.0 Å². The van der Waals surface area contributed by atoms with Crippen LogP contribution < -0.4 is 15.4 Å². The Bertz CT molecular complexity index is 929. The van der Waals surface area contributed by atoms with Gasteiger partial charge in [-0.1, -0.05) is 53.5 Å². The monoisotopic (exact) mass is 406 g/mol. The van der Waals surface area contributed by atoms with E-state index in [1.165, 1.54) is 0 Å². The third-order valence-electron chi connectivity index (χ3n) is 3.59. The van der Waals surface area contributed by atoms with E-state index in [0.717, 1.165) is 11.3 Å². The zero-order valence-electron chi connectivity index (χ0n) is 13.9. The second-order valence-electron chi connectivity index (χ2n) is 5.39. The first-order valence-corrected chi connectivity index (χ1v) is 8.90. The van der Waals surface area contributed by atoms with Gasteiger partial charge in [0.05, 0.1) is 19.3 Å². The summed E-state index contributed by atoms with van der Waals surface area (Å²) in [6, 6.07) is 15.1. The lowest BCUT2D eigenvalue weighted by molar-refractivity contribution is 0.417. The highest BCUT2D eigenvalue weighted by Crippen LogP contribution is 2.25. The average Bonchev–Trinajstić information content (AvgIpc) is 2.96. The maximum Gasteiger partial charge on any atom is 0.176 e. The summed E-state index contributed by atoms with van der Waals surface area (Å²) in [5.74, 6) is 1.15. The first kappa shape index (κ1) is 18.5. The van der Waals surface area contributed by atoms with Gasteiger partial charge < -0.3 is 15.4 Å². The molecule has 134 valence electrons. The molecular formula is C18H16Cl2N4OS.